The molecule has 0 spiro atoms. The number of hydrogen-bond donors (Lipinski definition) is 1. The van der Waals surface area contributed by atoms with Gasteiger partial charge in [-0.25, -0.2) is 9.69 Å². The minimum absolute atomic E-state index is 0.108. The fourth-order valence-corrected chi connectivity index (χ4v) is 2.90. The summed E-state index contributed by atoms with van der Waals surface area (Å²) in [5.41, 5.74) is 2.66. The lowest BCUT2D eigenvalue weighted by atomic mass is 9.99. The number of rotatable bonds is 4. The molecule has 2 heterocycles. The van der Waals surface area contributed by atoms with Crippen LogP contribution in [0.5, 0.6) is 5.75 Å². The van der Waals surface area contributed by atoms with E-state index in [1.807, 2.05) is 0 Å². The van der Waals surface area contributed by atoms with Crippen molar-refractivity contribution in [1.82, 2.24) is 5.43 Å². The van der Waals surface area contributed by atoms with Gasteiger partial charge in [-0.2, -0.15) is 5.10 Å². The molecule has 0 unspecified atom stereocenters. The van der Waals surface area contributed by atoms with Crippen LogP contribution in [0.2, 0.25) is 5.02 Å². The van der Waals surface area contributed by atoms with E-state index in [4.69, 9.17) is 21.1 Å². The molecule has 3 rings (SSSR count). The van der Waals surface area contributed by atoms with Gasteiger partial charge in [-0.05, 0) is 25.1 Å². The normalized spacial score (nSPS) is 22.1. The van der Waals surface area contributed by atoms with Crippen LogP contribution in [-0.4, -0.2) is 43.3 Å². The number of carbonyl (C=O) groups excluding carboxylic acids is 3. The molecule has 0 aliphatic carbocycles. The van der Waals surface area contributed by atoms with Crippen LogP contribution in [0.3, 0.4) is 0 Å². The molecule has 1 aromatic carbocycles. The minimum Gasteiger partial charge on any atom is -0.495 e. The summed E-state index contributed by atoms with van der Waals surface area (Å²) in [6.07, 6.45) is 0. The fourth-order valence-electron chi connectivity index (χ4n) is 2.74. The number of anilines is 1. The zero-order valence-electron chi connectivity index (χ0n) is 12.9. The summed E-state index contributed by atoms with van der Waals surface area (Å²) in [6, 6.07) is 3.65. The summed E-state index contributed by atoms with van der Waals surface area (Å²) in [4.78, 5) is 38.3. The third kappa shape index (κ3) is 2.39. The molecule has 0 radical (unpaired) electrons. The summed E-state index contributed by atoms with van der Waals surface area (Å²) in [5.74, 6) is -2.55. The Morgan fingerprint density at radius 3 is 2.79 bits per heavy atom. The van der Waals surface area contributed by atoms with Crippen molar-refractivity contribution in [2.75, 3.05) is 18.6 Å². The van der Waals surface area contributed by atoms with Crippen molar-refractivity contribution in [3.63, 3.8) is 0 Å². The molecule has 2 amide bonds. The predicted molar refractivity (Wildman–Crippen MR) is 85.0 cm³/mol. The van der Waals surface area contributed by atoms with Gasteiger partial charge in [0.25, 0.3) is 5.91 Å². The second-order valence-electron chi connectivity index (χ2n) is 5.13. The quantitative estimate of drug-likeness (QED) is 0.634. The van der Waals surface area contributed by atoms with Crippen LogP contribution in [0, 0.1) is 5.92 Å². The second kappa shape index (κ2) is 6.12. The number of carbonyl (C=O) groups is 3. The van der Waals surface area contributed by atoms with Crippen LogP contribution in [0.25, 0.3) is 0 Å². The topological polar surface area (TPSA) is 97.3 Å². The molecule has 1 aromatic rings. The van der Waals surface area contributed by atoms with Gasteiger partial charge in [0.1, 0.15) is 17.7 Å². The van der Waals surface area contributed by atoms with Crippen molar-refractivity contribution in [1.29, 1.82) is 0 Å². The molecule has 2 atom stereocenters. The lowest BCUT2D eigenvalue weighted by Crippen LogP contribution is -2.36. The molecular weight excluding hydrogens is 338 g/mol. The van der Waals surface area contributed by atoms with Crippen LogP contribution in [0.15, 0.2) is 23.3 Å². The number of methoxy groups -OCH3 is 1. The molecule has 126 valence electrons. The number of nitrogens with zero attached hydrogens (tertiary/aromatic N) is 2. The maximum Gasteiger partial charge on any atom is 0.355 e. The minimum atomic E-state index is -1.03. The Morgan fingerprint density at radius 1 is 1.38 bits per heavy atom. The Morgan fingerprint density at radius 2 is 2.12 bits per heavy atom. The van der Waals surface area contributed by atoms with Gasteiger partial charge in [0.2, 0.25) is 5.91 Å². The Labute approximate surface area is 142 Å². The van der Waals surface area contributed by atoms with Gasteiger partial charge in [0.05, 0.1) is 19.4 Å². The highest BCUT2D eigenvalue weighted by atomic mass is 35.5. The van der Waals surface area contributed by atoms with Crippen LogP contribution < -0.4 is 15.1 Å². The first-order valence-electron chi connectivity index (χ1n) is 7.21. The van der Waals surface area contributed by atoms with E-state index in [-0.39, 0.29) is 18.0 Å². The van der Waals surface area contributed by atoms with E-state index < -0.39 is 29.7 Å². The maximum atomic E-state index is 12.8. The number of ether oxygens (including phenoxy) is 2. The molecule has 0 aromatic heterocycles. The van der Waals surface area contributed by atoms with Gasteiger partial charge < -0.3 is 9.47 Å². The van der Waals surface area contributed by atoms with E-state index in [0.717, 1.165) is 4.90 Å². The predicted octanol–water partition coefficient (Wildman–Crippen LogP) is 0.729. The Bertz CT molecular complexity index is 763. The number of benzene rings is 1. The standard InChI is InChI=1S/C15H14ClN3O5/c1-3-24-15(22)12-10-11(17-18-12)14(21)19(13(10)20)8-6-7(16)4-5-9(8)23-2/h4-6,10-11,17H,3H2,1-2H3/t10-,11+/m0/s1. The summed E-state index contributed by atoms with van der Waals surface area (Å²) in [5, 5.41) is 4.14. The number of nitrogens with one attached hydrogen (secondary N) is 1. The summed E-state index contributed by atoms with van der Waals surface area (Å²) in [7, 11) is 1.42. The highest BCUT2D eigenvalue weighted by Crippen LogP contribution is 2.37. The van der Waals surface area contributed by atoms with Crippen molar-refractivity contribution in [3.05, 3.63) is 23.2 Å². The van der Waals surface area contributed by atoms with E-state index in [9.17, 15) is 14.4 Å². The Balaban J connectivity index is 1.98. The average Bonchev–Trinajstić information content (AvgIpc) is 3.09. The summed E-state index contributed by atoms with van der Waals surface area (Å²) in [6.45, 7) is 1.78. The van der Waals surface area contributed by atoms with Crippen molar-refractivity contribution in [3.8, 4) is 5.75 Å². The SMILES string of the molecule is CCOC(=O)C1=NN[C@H]2C(=O)N(c3cc(Cl)ccc3OC)C(=O)[C@H]12. The number of fused-ring (bicyclic) bond motifs is 1. The van der Waals surface area contributed by atoms with Gasteiger partial charge in [-0.15, -0.1) is 0 Å². The summed E-state index contributed by atoms with van der Waals surface area (Å²) >= 11 is 5.97. The molecule has 2 aliphatic rings. The average molecular weight is 352 g/mol. The molecule has 0 bridgehead atoms. The molecule has 1 N–H and O–H groups in total. The number of hydrogen-bond acceptors (Lipinski definition) is 7. The van der Waals surface area contributed by atoms with Gasteiger partial charge in [-0.3, -0.25) is 15.0 Å². The van der Waals surface area contributed by atoms with E-state index in [1.165, 1.54) is 13.2 Å². The molecule has 2 aliphatic heterocycles. The monoisotopic (exact) mass is 351 g/mol. The summed E-state index contributed by atoms with van der Waals surface area (Å²) < 4.78 is 10.1. The van der Waals surface area contributed by atoms with Crippen LogP contribution in [0.4, 0.5) is 5.69 Å². The number of esters is 1. The largest absolute Gasteiger partial charge is 0.495 e. The lowest BCUT2D eigenvalue weighted by molar-refractivity contribution is -0.136. The maximum absolute atomic E-state index is 12.8. The molecule has 0 saturated carbocycles. The molecular formula is C15H14ClN3O5. The van der Waals surface area contributed by atoms with E-state index >= 15 is 0 Å². The highest BCUT2D eigenvalue weighted by molar-refractivity contribution is 6.46. The lowest BCUT2D eigenvalue weighted by Gasteiger charge is -2.18. The van der Waals surface area contributed by atoms with Crippen LogP contribution >= 0.6 is 11.6 Å². The molecule has 1 fully saturated rings. The van der Waals surface area contributed by atoms with Crippen LogP contribution in [0.1, 0.15) is 6.92 Å². The molecule has 24 heavy (non-hydrogen) atoms. The molecule has 9 heteroatoms. The Hall–Kier alpha value is -2.61. The van der Waals surface area contributed by atoms with Gasteiger partial charge in [0.15, 0.2) is 5.71 Å². The number of imide groups is 1. The third-order valence-corrected chi connectivity index (χ3v) is 4.03. The van der Waals surface area contributed by atoms with Crippen molar-refractivity contribution >= 4 is 40.8 Å². The second-order valence-corrected chi connectivity index (χ2v) is 5.57. The molecule has 1 saturated heterocycles. The van der Waals surface area contributed by atoms with E-state index in [2.05, 4.69) is 10.5 Å². The van der Waals surface area contributed by atoms with Crippen LogP contribution in [-0.2, 0) is 19.1 Å². The van der Waals surface area contributed by atoms with Crippen molar-refractivity contribution in [2.45, 2.75) is 13.0 Å². The van der Waals surface area contributed by atoms with E-state index in [1.54, 1.807) is 19.1 Å². The molecule has 8 nitrogen and oxygen atoms in total. The van der Waals surface area contributed by atoms with Crippen molar-refractivity contribution in [2.24, 2.45) is 11.0 Å². The first-order valence-corrected chi connectivity index (χ1v) is 7.59. The van der Waals surface area contributed by atoms with E-state index in [0.29, 0.717) is 10.8 Å². The number of amides is 2. The zero-order valence-corrected chi connectivity index (χ0v) is 13.7. The Kier molecular flexibility index (Phi) is 4.15. The first kappa shape index (κ1) is 16.3. The first-order chi connectivity index (χ1) is 11.5. The smallest absolute Gasteiger partial charge is 0.355 e. The number of hydrazone groups is 1. The third-order valence-electron chi connectivity index (χ3n) is 3.79. The zero-order chi connectivity index (χ0) is 17.4. The highest BCUT2D eigenvalue weighted by Gasteiger charge is 2.56. The van der Waals surface area contributed by atoms with Crippen molar-refractivity contribution < 1.29 is 23.9 Å². The van der Waals surface area contributed by atoms with Gasteiger partial charge in [-0.1, -0.05) is 11.6 Å². The van der Waals surface area contributed by atoms with Gasteiger partial charge >= 0.3 is 5.97 Å². The fraction of sp³-hybridized carbons (Fsp3) is 0.333. The number of halogens is 1. The van der Waals surface area contributed by atoms with Gasteiger partial charge in [0, 0.05) is 5.02 Å².